The summed E-state index contributed by atoms with van der Waals surface area (Å²) in [6, 6.07) is 5.88. The largest absolute Gasteiger partial charge is 0.392 e. The van der Waals surface area contributed by atoms with Crippen LogP contribution in [0.15, 0.2) is 35.1 Å². The molecule has 1 aromatic carbocycles. The first kappa shape index (κ1) is 13.1. The number of rotatable bonds is 4. The van der Waals surface area contributed by atoms with E-state index in [9.17, 15) is 0 Å². The molecule has 0 spiro atoms. The van der Waals surface area contributed by atoms with E-state index in [0.29, 0.717) is 0 Å². The van der Waals surface area contributed by atoms with Gasteiger partial charge in [-0.25, -0.2) is 0 Å². The zero-order chi connectivity index (χ0) is 13.1. The highest BCUT2D eigenvalue weighted by molar-refractivity contribution is 9.10. The molecular weight excluding hydrogens is 294 g/mol. The summed E-state index contributed by atoms with van der Waals surface area (Å²) in [5.74, 6) is 0. The fourth-order valence-corrected chi connectivity index (χ4v) is 2.60. The Hall–Kier alpha value is -1.33. The first-order chi connectivity index (χ1) is 8.60. The van der Waals surface area contributed by atoms with E-state index in [1.165, 1.54) is 0 Å². The van der Waals surface area contributed by atoms with Gasteiger partial charge in [0.05, 0.1) is 18.5 Å². The van der Waals surface area contributed by atoms with Gasteiger partial charge in [-0.3, -0.25) is 4.68 Å². The summed E-state index contributed by atoms with van der Waals surface area (Å²) in [5.41, 5.74) is 3.16. The summed E-state index contributed by atoms with van der Waals surface area (Å²) in [6.45, 7) is 0.857. The molecule has 0 bridgehead atoms. The van der Waals surface area contributed by atoms with Crippen molar-refractivity contribution in [2.24, 2.45) is 7.05 Å². The fraction of sp³-hybridized carbons (Fsp3) is 0.308. The first-order valence-corrected chi connectivity index (χ1v) is 6.47. The average Bonchev–Trinajstić information content (AvgIpc) is 2.74. The van der Waals surface area contributed by atoms with Crippen LogP contribution in [0.1, 0.15) is 11.1 Å². The minimum absolute atomic E-state index is 0.0607. The first-order valence-electron chi connectivity index (χ1n) is 5.68. The number of benzene rings is 1. The second-order valence-electron chi connectivity index (χ2n) is 4.32. The minimum atomic E-state index is 0.0607. The average molecular weight is 310 g/mol. The number of aliphatic hydroxyl groups is 1. The molecule has 0 aliphatic heterocycles. The third-order valence-electron chi connectivity index (χ3n) is 2.78. The van der Waals surface area contributed by atoms with Crippen molar-refractivity contribution >= 4 is 21.6 Å². The number of aliphatic hydroxyl groups excluding tert-OH is 1. The molecule has 0 amide bonds. The Kier molecular flexibility index (Phi) is 4.04. The van der Waals surface area contributed by atoms with Gasteiger partial charge in [0.2, 0.25) is 0 Å². The molecule has 5 heteroatoms. The quantitative estimate of drug-likeness (QED) is 0.942. The van der Waals surface area contributed by atoms with Gasteiger partial charge in [0.25, 0.3) is 0 Å². The van der Waals surface area contributed by atoms with Crippen LogP contribution in [0.2, 0.25) is 0 Å². The normalized spacial score (nSPS) is 10.7. The van der Waals surface area contributed by atoms with Crippen molar-refractivity contribution in [3.8, 4) is 0 Å². The number of aryl methyl sites for hydroxylation is 1. The lowest BCUT2D eigenvalue weighted by molar-refractivity contribution is 0.282. The molecule has 1 heterocycles. The van der Waals surface area contributed by atoms with E-state index in [0.717, 1.165) is 27.8 Å². The topological polar surface area (TPSA) is 41.3 Å². The van der Waals surface area contributed by atoms with E-state index < -0.39 is 0 Å². The van der Waals surface area contributed by atoms with Gasteiger partial charge < -0.3 is 10.0 Å². The number of aromatic nitrogens is 2. The minimum Gasteiger partial charge on any atom is -0.392 e. The maximum Gasteiger partial charge on any atom is 0.0682 e. The Morgan fingerprint density at radius 3 is 2.72 bits per heavy atom. The van der Waals surface area contributed by atoms with Crippen molar-refractivity contribution in [1.82, 2.24) is 9.78 Å². The Bertz CT molecular complexity index is 539. The highest BCUT2D eigenvalue weighted by Crippen LogP contribution is 2.27. The summed E-state index contributed by atoms with van der Waals surface area (Å²) < 4.78 is 2.79. The van der Waals surface area contributed by atoms with Gasteiger partial charge in [0, 0.05) is 36.9 Å². The van der Waals surface area contributed by atoms with Gasteiger partial charge >= 0.3 is 0 Å². The molecule has 2 aromatic rings. The predicted molar refractivity (Wildman–Crippen MR) is 75.4 cm³/mol. The molecule has 0 atom stereocenters. The van der Waals surface area contributed by atoms with E-state index >= 15 is 0 Å². The molecule has 1 aromatic heterocycles. The lowest BCUT2D eigenvalue weighted by Crippen LogP contribution is -2.16. The van der Waals surface area contributed by atoms with E-state index in [1.54, 1.807) is 4.68 Å². The van der Waals surface area contributed by atoms with Crippen LogP contribution in [-0.4, -0.2) is 21.9 Å². The third kappa shape index (κ3) is 2.91. The molecule has 0 aliphatic rings. The van der Waals surface area contributed by atoms with Gasteiger partial charge in [0.1, 0.15) is 0 Å². The predicted octanol–water partition coefficient (Wildman–Crippen LogP) is 2.31. The molecule has 0 fully saturated rings. The van der Waals surface area contributed by atoms with E-state index in [4.69, 9.17) is 5.11 Å². The highest BCUT2D eigenvalue weighted by atomic mass is 79.9. The molecule has 0 aliphatic carbocycles. The van der Waals surface area contributed by atoms with Crippen LogP contribution in [0.25, 0.3) is 0 Å². The van der Waals surface area contributed by atoms with Crippen molar-refractivity contribution in [1.29, 1.82) is 0 Å². The van der Waals surface area contributed by atoms with Crippen LogP contribution in [-0.2, 0) is 20.2 Å². The van der Waals surface area contributed by atoms with Crippen LogP contribution < -0.4 is 4.90 Å². The van der Waals surface area contributed by atoms with Gasteiger partial charge in [-0.05, 0) is 33.6 Å². The van der Waals surface area contributed by atoms with E-state index in [2.05, 4.69) is 25.9 Å². The van der Waals surface area contributed by atoms with Crippen LogP contribution in [0.4, 0.5) is 5.69 Å². The van der Waals surface area contributed by atoms with Gasteiger partial charge in [0.15, 0.2) is 0 Å². The Morgan fingerprint density at radius 1 is 1.39 bits per heavy atom. The second-order valence-corrected chi connectivity index (χ2v) is 5.18. The number of anilines is 1. The molecule has 96 valence electrons. The molecule has 2 rings (SSSR count). The van der Waals surface area contributed by atoms with Gasteiger partial charge in [-0.2, -0.15) is 5.10 Å². The lowest BCUT2D eigenvalue weighted by atomic mass is 10.2. The number of hydrogen-bond acceptors (Lipinski definition) is 3. The van der Waals surface area contributed by atoms with Crippen molar-refractivity contribution in [2.75, 3.05) is 11.9 Å². The molecule has 1 N–H and O–H groups in total. The van der Waals surface area contributed by atoms with Gasteiger partial charge in [-0.1, -0.05) is 6.07 Å². The number of hydrogen-bond donors (Lipinski definition) is 1. The molecule has 0 unspecified atom stereocenters. The van der Waals surface area contributed by atoms with Crippen LogP contribution in [0.5, 0.6) is 0 Å². The fourth-order valence-electron chi connectivity index (χ4n) is 1.87. The smallest absolute Gasteiger partial charge is 0.0682 e. The van der Waals surface area contributed by atoms with Crippen LogP contribution >= 0.6 is 15.9 Å². The van der Waals surface area contributed by atoms with E-state index in [-0.39, 0.29) is 6.61 Å². The molecule has 0 saturated heterocycles. The molecular formula is C13H16BrN3O. The highest BCUT2D eigenvalue weighted by Gasteiger charge is 2.08. The molecule has 0 saturated carbocycles. The Balaban J connectivity index is 2.15. The maximum absolute atomic E-state index is 9.08. The second kappa shape index (κ2) is 5.54. The number of halogens is 1. The summed E-state index contributed by atoms with van der Waals surface area (Å²) in [4.78, 5) is 2.14. The zero-order valence-electron chi connectivity index (χ0n) is 10.5. The Morgan fingerprint density at radius 2 is 2.17 bits per heavy atom. The van der Waals surface area contributed by atoms with Crippen molar-refractivity contribution < 1.29 is 5.11 Å². The standard InChI is InChI=1S/C13H16BrN3O/c1-16(7-11-6-15-17(2)8-11)13-4-3-10(9-18)5-12(13)14/h3-6,8,18H,7,9H2,1-2H3. The lowest BCUT2D eigenvalue weighted by Gasteiger charge is -2.20. The molecule has 4 nitrogen and oxygen atoms in total. The van der Waals surface area contributed by atoms with Crippen LogP contribution in [0, 0.1) is 0 Å². The monoisotopic (exact) mass is 309 g/mol. The Labute approximate surface area is 115 Å². The molecule has 0 radical (unpaired) electrons. The van der Waals surface area contributed by atoms with E-state index in [1.807, 2.05) is 44.7 Å². The summed E-state index contributed by atoms with van der Waals surface area (Å²) >= 11 is 3.53. The molecule has 18 heavy (non-hydrogen) atoms. The summed E-state index contributed by atoms with van der Waals surface area (Å²) in [5, 5.41) is 13.2. The maximum atomic E-state index is 9.08. The van der Waals surface area contributed by atoms with Crippen molar-refractivity contribution in [3.63, 3.8) is 0 Å². The third-order valence-corrected chi connectivity index (χ3v) is 3.42. The van der Waals surface area contributed by atoms with Crippen molar-refractivity contribution in [2.45, 2.75) is 13.2 Å². The van der Waals surface area contributed by atoms with Gasteiger partial charge in [-0.15, -0.1) is 0 Å². The summed E-state index contributed by atoms with van der Waals surface area (Å²) in [7, 11) is 3.95. The summed E-state index contributed by atoms with van der Waals surface area (Å²) in [6.07, 6.45) is 3.87. The van der Waals surface area contributed by atoms with Crippen molar-refractivity contribution in [3.05, 3.63) is 46.2 Å². The number of nitrogens with zero attached hydrogens (tertiary/aromatic N) is 3. The SMILES string of the molecule is CN(Cc1cnn(C)c1)c1ccc(CO)cc1Br. The van der Waals surface area contributed by atoms with Crippen LogP contribution in [0.3, 0.4) is 0 Å². The zero-order valence-corrected chi connectivity index (χ0v) is 12.1.